The number of thioether (sulfide) groups is 1. The molecule has 0 atom stereocenters. The molecule has 1 aliphatic rings. The highest BCUT2D eigenvalue weighted by Gasteiger charge is 2.23. The van der Waals surface area contributed by atoms with Crippen LogP contribution in [0.3, 0.4) is 0 Å². The summed E-state index contributed by atoms with van der Waals surface area (Å²) >= 11 is 1.27. The maximum absolute atomic E-state index is 10.6. The lowest BCUT2D eigenvalue weighted by atomic mass is 10.2. The average Bonchev–Trinajstić information content (AvgIpc) is 2.94. The summed E-state index contributed by atoms with van der Waals surface area (Å²) in [4.78, 5) is 10.6. The van der Waals surface area contributed by atoms with Crippen LogP contribution in [0.25, 0.3) is 0 Å². The Balaban J connectivity index is 2.19. The highest BCUT2D eigenvalue weighted by molar-refractivity contribution is 7.99. The van der Waals surface area contributed by atoms with Gasteiger partial charge in [-0.25, -0.2) is 0 Å². The molecule has 1 N–H and O–H groups in total. The minimum atomic E-state index is -0.811. The molecule has 0 saturated heterocycles. The Bertz CT molecular complexity index is 399. The SMILES string of the molecule is CCc1nnc(SCC(=O)O)n1C1CCCC1. The van der Waals surface area contributed by atoms with Gasteiger partial charge in [0, 0.05) is 12.5 Å². The van der Waals surface area contributed by atoms with Gasteiger partial charge in [-0.1, -0.05) is 31.5 Å². The van der Waals surface area contributed by atoms with Crippen LogP contribution < -0.4 is 0 Å². The number of hydrogen-bond donors (Lipinski definition) is 1. The maximum atomic E-state index is 10.6. The first-order valence-corrected chi connectivity index (χ1v) is 6.99. The summed E-state index contributed by atoms with van der Waals surface area (Å²) < 4.78 is 2.15. The van der Waals surface area contributed by atoms with Crippen molar-refractivity contribution in [3.8, 4) is 0 Å². The molecule has 1 aromatic rings. The molecule has 0 spiro atoms. The Labute approximate surface area is 105 Å². The van der Waals surface area contributed by atoms with Crippen LogP contribution in [0.4, 0.5) is 0 Å². The molecule has 6 heteroatoms. The molecule has 94 valence electrons. The quantitative estimate of drug-likeness (QED) is 0.816. The van der Waals surface area contributed by atoms with E-state index in [0.29, 0.717) is 6.04 Å². The number of hydrogen-bond acceptors (Lipinski definition) is 4. The van der Waals surface area contributed by atoms with Crippen LogP contribution in [-0.4, -0.2) is 31.6 Å². The predicted molar refractivity (Wildman–Crippen MR) is 65.3 cm³/mol. The third-order valence-electron chi connectivity index (χ3n) is 3.07. The lowest BCUT2D eigenvalue weighted by Crippen LogP contribution is -2.11. The van der Waals surface area contributed by atoms with Crippen molar-refractivity contribution in [2.24, 2.45) is 0 Å². The molecule has 0 aliphatic heterocycles. The largest absolute Gasteiger partial charge is 0.481 e. The van der Waals surface area contributed by atoms with Crippen molar-refractivity contribution in [2.45, 2.75) is 50.2 Å². The maximum Gasteiger partial charge on any atom is 0.313 e. The lowest BCUT2D eigenvalue weighted by Gasteiger charge is -2.15. The highest BCUT2D eigenvalue weighted by atomic mass is 32.2. The molecule has 1 aliphatic carbocycles. The van der Waals surface area contributed by atoms with Crippen LogP contribution in [0.5, 0.6) is 0 Å². The van der Waals surface area contributed by atoms with Crippen LogP contribution >= 0.6 is 11.8 Å². The van der Waals surface area contributed by atoms with E-state index in [4.69, 9.17) is 5.11 Å². The standard InChI is InChI=1S/C11H17N3O2S/c1-2-9-12-13-11(17-7-10(15)16)14(9)8-5-3-4-6-8/h8H,2-7H2,1H3,(H,15,16). The summed E-state index contributed by atoms with van der Waals surface area (Å²) in [6.07, 6.45) is 5.65. The van der Waals surface area contributed by atoms with Crippen molar-refractivity contribution < 1.29 is 9.90 Å². The van der Waals surface area contributed by atoms with Gasteiger partial charge in [-0.15, -0.1) is 10.2 Å². The minimum absolute atomic E-state index is 0.0502. The first kappa shape index (κ1) is 12.4. The zero-order valence-corrected chi connectivity index (χ0v) is 10.7. The van der Waals surface area contributed by atoms with Gasteiger partial charge in [0.1, 0.15) is 5.82 Å². The summed E-state index contributed by atoms with van der Waals surface area (Å²) in [6, 6.07) is 0.469. The number of carboxylic acid groups (broad SMARTS) is 1. The molecule has 1 heterocycles. The Morgan fingerprint density at radius 3 is 2.76 bits per heavy atom. The van der Waals surface area contributed by atoms with E-state index >= 15 is 0 Å². The number of carboxylic acids is 1. The van der Waals surface area contributed by atoms with Crippen LogP contribution in [0.1, 0.15) is 44.5 Å². The van der Waals surface area contributed by atoms with Gasteiger partial charge < -0.3 is 9.67 Å². The molecule has 1 aromatic heterocycles. The van der Waals surface area contributed by atoms with Gasteiger partial charge in [-0.05, 0) is 12.8 Å². The molecular weight excluding hydrogens is 238 g/mol. The van der Waals surface area contributed by atoms with E-state index in [0.717, 1.165) is 30.2 Å². The number of rotatable bonds is 5. The van der Waals surface area contributed by atoms with Crippen LogP contribution in [-0.2, 0) is 11.2 Å². The van der Waals surface area contributed by atoms with E-state index in [9.17, 15) is 4.79 Å². The molecule has 1 fully saturated rings. The number of aromatic nitrogens is 3. The Hall–Kier alpha value is -1.04. The molecule has 5 nitrogen and oxygen atoms in total. The zero-order valence-electron chi connectivity index (χ0n) is 9.93. The summed E-state index contributed by atoms with van der Waals surface area (Å²) in [7, 11) is 0. The monoisotopic (exact) mass is 255 g/mol. The van der Waals surface area contributed by atoms with Gasteiger partial charge in [0.05, 0.1) is 5.75 Å². The third-order valence-corrected chi connectivity index (χ3v) is 3.99. The number of aryl methyl sites for hydroxylation is 1. The summed E-state index contributed by atoms with van der Waals surface area (Å²) in [5.41, 5.74) is 0. The Morgan fingerprint density at radius 1 is 1.47 bits per heavy atom. The number of carbonyl (C=O) groups is 1. The van der Waals surface area contributed by atoms with E-state index in [2.05, 4.69) is 21.7 Å². The van der Waals surface area contributed by atoms with E-state index in [1.54, 1.807) is 0 Å². The van der Waals surface area contributed by atoms with E-state index in [1.807, 2.05) is 0 Å². The second-order valence-corrected chi connectivity index (χ2v) is 5.19. The van der Waals surface area contributed by atoms with Crippen molar-refractivity contribution in [1.82, 2.24) is 14.8 Å². The fourth-order valence-electron chi connectivity index (χ4n) is 2.30. The fourth-order valence-corrected chi connectivity index (χ4v) is 3.05. The Kier molecular flexibility index (Phi) is 4.04. The first-order chi connectivity index (χ1) is 8.22. The molecule has 17 heavy (non-hydrogen) atoms. The van der Waals surface area contributed by atoms with Crippen LogP contribution in [0.15, 0.2) is 5.16 Å². The second-order valence-electron chi connectivity index (χ2n) is 4.24. The molecule has 0 bridgehead atoms. The molecule has 0 unspecified atom stereocenters. The molecule has 1 saturated carbocycles. The highest BCUT2D eigenvalue weighted by Crippen LogP contribution is 2.33. The van der Waals surface area contributed by atoms with Gasteiger partial charge >= 0.3 is 5.97 Å². The van der Waals surface area contributed by atoms with E-state index in [-0.39, 0.29) is 5.75 Å². The van der Waals surface area contributed by atoms with E-state index in [1.165, 1.54) is 24.6 Å². The fraction of sp³-hybridized carbons (Fsp3) is 0.727. The normalized spacial score (nSPS) is 16.5. The lowest BCUT2D eigenvalue weighted by molar-refractivity contribution is -0.133. The molecule has 0 aromatic carbocycles. The van der Waals surface area contributed by atoms with Crippen molar-refractivity contribution >= 4 is 17.7 Å². The van der Waals surface area contributed by atoms with Gasteiger partial charge in [0.15, 0.2) is 5.16 Å². The van der Waals surface area contributed by atoms with Gasteiger partial charge in [-0.3, -0.25) is 4.79 Å². The third kappa shape index (κ3) is 2.80. The molecule has 2 rings (SSSR count). The van der Waals surface area contributed by atoms with Crippen molar-refractivity contribution in [3.05, 3.63) is 5.82 Å². The summed E-state index contributed by atoms with van der Waals surface area (Å²) in [6.45, 7) is 2.06. The molecular formula is C11H17N3O2S. The van der Waals surface area contributed by atoms with Gasteiger partial charge in [-0.2, -0.15) is 0 Å². The summed E-state index contributed by atoms with van der Waals surface area (Å²) in [5.74, 6) is 0.216. The molecule has 0 amide bonds. The zero-order chi connectivity index (χ0) is 12.3. The second kappa shape index (κ2) is 5.53. The van der Waals surface area contributed by atoms with Gasteiger partial charge in [0.25, 0.3) is 0 Å². The Morgan fingerprint density at radius 2 is 2.18 bits per heavy atom. The topological polar surface area (TPSA) is 68.0 Å². The number of nitrogens with zero attached hydrogens (tertiary/aromatic N) is 3. The van der Waals surface area contributed by atoms with Crippen molar-refractivity contribution in [2.75, 3.05) is 5.75 Å². The summed E-state index contributed by atoms with van der Waals surface area (Å²) in [5, 5.41) is 17.7. The van der Waals surface area contributed by atoms with Crippen molar-refractivity contribution in [3.63, 3.8) is 0 Å². The smallest absolute Gasteiger partial charge is 0.313 e. The van der Waals surface area contributed by atoms with Gasteiger partial charge in [0.2, 0.25) is 0 Å². The number of aliphatic carboxylic acids is 1. The predicted octanol–water partition coefficient (Wildman–Crippen LogP) is 2.13. The average molecular weight is 255 g/mol. The first-order valence-electron chi connectivity index (χ1n) is 6.00. The molecule has 0 radical (unpaired) electrons. The van der Waals surface area contributed by atoms with E-state index < -0.39 is 5.97 Å². The van der Waals surface area contributed by atoms with Crippen molar-refractivity contribution in [1.29, 1.82) is 0 Å². The van der Waals surface area contributed by atoms with Crippen LogP contribution in [0, 0.1) is 0 Å². The minimum Gasteiger partial charge on any atom is -0.481 e. The van der Waals surface area contributed by atoms with Crippen LogP contribution in [0.2, 0.25) is 0 Å².